The van der Waals surface area contributed by atoms with Crippen LogP contribution in [0.3, 0.4) is 0 Å². The summed E-state index contributed by atoms with van der Waals surface area (Å²) in [5, 5.41) is 3.19. The van der Waals surface area contributed by atoms with Crippen LogP contribution in [0.4, 0.5) is 5.69 Å². The van der Waals surface area contributed by atoms with Crippen LogP contribution in [0.1, 0.15) is 10.4 Å². The van der Waals surface area contributed by atoms with Crippen LogP contribution in [0.15, 0.2) is 48.5 Å². The van der Waals surface area contributed by atoms with E-state index in [-0.39, 0.29) is 5.91 Å². The van der Waals surface area contributed by atoms with Crippen LogP contribution in [-0.4, -0.2) is 19.1 Å². The van der Waals surface area contributed by atoms with E-state index in [0.29, 0.717) is 29.4 Å². The highest BCUT2D eigenvalue weighted by Gasteiger charge is 2.06. The molecule has 0 heterocycles. The second-order valence-corrected chi connectivity index (χ2v) is 4.63. The molecule has 0 radical (unpaired) electrons. The number of anilines is 1. The number of carbonyl (C=O) groups is 1. The second kappa shape index (κ2) is 6.82. The molecular weight excluding hydrogens is 276 g/mol. The van der Waals surface area contributed by atoms with Crippen molar-refractivity contribution >= 4 is 23.2 Å². The summed E-state index contributed by atoms with van der Waals surface area (Å²) in [7, 11) is 0. The zero-order valence-corrected chi connectivity index (χ0v) is 11.6. The van der Waals surface area contributed by atoms with Gasteiger partial charge in [-0.25, -0.2) is 0 Å². The Labute approximate surface area is 122 Å². The first-order valence-electron chi connectivity index (χ1n) is 6.17. The molecule has 4 nitrogen and oxygen atoms in total. The number of carbonyl (C=O) groups excluding carboxylic acids is 1. The third kappa shape index (κ3) is 4.17. The van der Waals surface area contributed by atoms with Gasteiger partial charge >= 0.3 is 0 Å². The van der Waals surface area contributed by atoms with Crippen molar-refractivity contribution in [2.75, 3.05) is 18.9 Å². The van der Waals surface area contributed by atoms with Crippen molar-refractivity contribution in [2.24, 2.45) is 0 Å². The molecule has 20 heavy (non-hydrogen) atoms. The van der Waals surface area contributed by atoms with Gasteiger partial charge in [-0.05, 0) is 30.3 Å². The van der Waals surface area contributed by atoms with Crippen LogP contribution in [0, 0.1) is 0 Å². The van der Waals surface area contributed by atoms with Gasteiger partial charge in [-0.2, -0.15) is 0 Å². The number of para-hydroxylation sites is 1. The molecule has 5 heteroatoms. The lowest BCUT2D eigenvalue weighted by Crippen LogP contribution is -2.28. The van der Waals surface area contributed by atoms with Gasteiger partial charge in [-0.1, -0.05) is 29.8 Å². The van der Waals surface area contributed by atoms with Gasteiger partial charge in [-0.3, -0.25) is 4.79 Å². The number of benzene rings is 2. The van der Waals surface area contributed by atoms with E-state index >= 15 is 0 Å². The number of nitrogens with one attached hydrogen (secondary N) is 1. The Kier molecular flexibility index (Phi) is 4.85. The highest BCUT2D eigenvalue weighted by atomic mass is 35.5. The van der Waals surface area contributed by atoms with Gasteiger partial charge in [0.1, 0.15) is 12.4 Å². The zero-order valence-electron chi connectivity index (χ0n) is 10.8. The molecule has 0 saturated heterocycles. The van der Waals surface area contributed by atoms with Gasteiger partial charge in [0, 0.05) is 16.3 Å². The molecule has 0 bridgehead atoms. The zero-order chi connectivity index (χ0) is 14.4. The predicted octanol–water partition coefficient (Wildman–Crippen LogP) is 2.73. The average Bonchev–Trinajstić information content (AvgIpc) is 2.43. The normalized spacial score (nSPS) is 10.1. The van der Waals surface area contributed by atoms with Crippen LogP contribution in [0.5, 0.6) is 5.75 Å². The highest BCUT2D eigenvalue weighted by Crippen LogP contribution is 2.16. The first-order valence-corrected chi connectivity index (χ1v) is 6.55. The van der Waals surface area contributed by atoms with Gasteiger partial charge < -0.3 is 15.8 Å². The molecule has 0 aromatic heterocycles. The summed E-state index contributed by atoms with van der Waals surface area (Å²) in [4.78, 5) is 11.9. The molecule has 0 fully saturated rings. The first kappa shape index (κ1) is 14.2. The number of nitrogen functional groups attached to an aromatic ring is 1. The number of halogens is 1. The fourth-order valence-corrected chi connectivity index (χ4v) is 1.94. The Balaban J connectivity index is 1.80. The van der Waals surface area contributed by atoms with Gasteiger partial charge in [0.25, 0.3) is 5.91 Å². The van der Waals surface area contributed by atoms with Crippen molar-refractivity contribution in [3.05, 3.63) is 59.1 Å². The van der Waals surface area contributed by atoms with Crippen LogP contribution in [-0.2, 0) is 0 Å². The van der Waals surface area contributed by atoms with E-state index in [1.807, 2.05) is 30.3 Å². The maximum absolute atomic E-state index is 11.9. The van der Waals surface area contributed by atoms with Gasteiger partial charge in [0.05, 0.1) is 6.54 Å². The lowest BCUT2D eigenvalue weighted by atomic mass is 10.2. The van der Waals surface area contributed by atoms with E-state index in [1.54, 1.807) is 18.2 Å². The van der Waals surface area contributed by atoms with E-state index in [4.69, 9.17) is 22.1 Å². The third-order valence-electron chi connectivity index (χ3n) is 2.58. The molecule has 2 aromatic rings. The Bertz CT molecular complexity index is 567. The molecular formula is C15H15ClN2O2. The van der Waals surface area contributed by atoms with Crippen LogP contribution < -0.4 is 15.8 Å². The Morgan fingerprint density at radius 3 is 2.65 bits per heavy atom. The fraction of sp³-hybridized carbons (Fsp3) is 0.133. The minimum Gasteiger partial charge on any atom is -0.492 e. The van der Waals surface area contributed by atoms with Gasteiger partial charge in [-0.15, -0.1) is 0 Å². The molecule has 0 aliphatic rings. The predicted molar refractivity (Wildman–Crippen MR) is 80.1 cm³/mol. The fourth-order valence-electron chi connectivity index (χ4n) is 1.70. The lowest BCUT2D eigenvalue weighted by Gasteiger charge is -2.08. The van der Waals surface area contributed by atoms with Crippen molar-refractivity contribution in [1.82, 2.24) is 5.32 Å². The third-order valence-corrected chi connectivity index (χ3v) is 2.80. The average molecular weight is 291 g/mol. The SMILES string of the molecule is Nc1cc(Cl)cc(C(=O)NCCOc2ccccc2)c1. The topological polar surface area (TPSA) is 64.4 Å². The van der Waals surface area contributed by atoms with Crippen molar-refractivity contribution in [1.29, 1.82) is 0 Å². The van der Waals surface area contributed by atoms with Crippen molar-refractivity contribution in [3.8, 4) is 5.75 Å². The molecule has 0 spiro atoms. The summed E-state index contributed by atoms with van der Waals surface area (Å²) in [6.07, 6.45) is 0. The largest absolute Gasteiger partial charge is 0.492 e. The summed E-state index contributed by atoms with van der Waals surface area (Å²) >= 11 is 5.85. The Morgan fingerprint density at radius 2 is 1.95 bits per heavy atom. The summed E-state index contributed by atoms with van der Waals surface area (Å²) in [5.41, 5.74) is 6.54. The summed E-state index contributed by atoms with van der Waals surface area (Å²) in [5.74, 6) is 0.546. The monoisotopic (exact) mass is 290 g/mol. The van der Waals surface area contributed by atoms with E-state index in [9.17, 15) is 4.79 Å². The molecule has 104 valence electrons. The van der Waals surface area contributed by atoms with Crippen LogP contribution in [0.25, 0.3) is 0 Å². The minimum absolute atomic E-state index is 0.226. The summed E-state index contributed by atoms with van der Waals surface area (Å²) < 4.78 is 5.47. The number of nitrogens with two attached hydrogens (primary N) is 1. The quantitative estimate of drug-likeness (QED) is 0.657. The number of amides is 1. The van der Waals surface area contributed by atoms with Crippen molar-refractivity contribution in [3.63, 3.8) is 0 Å². The van der Waals surface area contributed by atoms with E-state index in [0.717, 1.165) is 5.75 Å². The number of hydrogen-bond donors (Lipinski definition) is 2. The molecule has 3 N–H and O–H groups in total. The van der Waals surface area contributed by atoms with Gasteiger partial charge in [0.15, 0.2) is 0 Å². The number of rotatable bonds is 5. The van der Waals surface area contributed by atoms with E-state index < -0.39 is 0 Å². The number of ether oxygens (including phenoxy) is 1. The van der Waals surface area contributed by atoms with Gasteiger partial charge in [0.2, 0.25) is 0 Å². The van der Waals surface area contributed by atoms with Crippen LogP contribution in [0.2, 0.25) is 5.02 Å². The first-order chi connectivity index (χ1) is 9.65. The number of hydrogen-bond acceptors (Lipinski definition) is 3. The second-order valence-electron chi connectivity index (χ2n) is 4.19. The van der Waals surface area contributed by atoms with E-state index in [1.165, 1.54) is 0 Å². The standard InChI is InChI=1S/C15H15ClN2O2/c16-12-8-11(9-13(17)10-12)15(19)18-6-7-20-14-4-2-1-3-5-14/h1-5,8-10H,6-7,17H2,(H,18,19). The molecule has 2 rings (SSSR count). The van der Waals surface area contributed by atoms with E-state index in [2.05, 4.69) is 5.32 Å². The molecule has 0 saturated carbocycles. The maximum Gasteiger partial charge on any atom is 0.251 e. The molecule has 0 atom stereocenters. The molecule has 0 unspecified atom stereocenters. The lowest BCUT2D eigenvalue weighted by molar-refractivity contribution is 0.0947. The Morgan fingerprint density at radius 1 is 1.20 bits per heavy atom. The summed E-state index contributed by atoms with van der Waals surface area (Å²) in [6.45, 7) is 0.798. The van der Waals surface area contributed by atoms with Crippen molar-refractivity contribution < 1.29 is 9.53 Å². The van der Waals surface area contributed by atoms with Crippen molar-refractivity contribution in [2.45, 2.75) is 0 Å². The molecule has 2 aromatic carbocycles. The molecule has 0 aliphatic heterocycles. The van der Waals surface area contributed by atoms with Crippen LogP contribution >= 0.6 is 11.6 Å². The maximum atomic E-state index is 11.9. The molecule has 0 aliphatic carbocycles. The molecule has 1 amide bonds. The Hall–Kier alpha value is -2.20. The smallest absolute Gasteiger partial charge is 0.251 e. The summed E-state index contributed by atoms with van der Waals surface area (Å²) in [6, 6.07) is 14.2. The highest BCUT2D eigenvalue weighted by molar-refractivity contribution is 6.31. The minimum atomic E-state index is -0.226.